The Bertz CT molecular complexity index is 520. The third-order valence-electron chi connectivity index (χ3n) is 1.42. The highest BCUT2D eigenvalue weighted by Gasteiger charge is 2.19. The van der Waals surface area contributed by atoms with Crippen molar-refractivity contribution in [1.82, 2.24) is 0 Å². The smallest absolute Gasteiger partial charge is 0.262 e. The van der Waals surface area contributed by atoms with Crippen molar-refractivity contribution < 1.29 is 13.5 Å². The van der Waals surface area contributed by atoms with Gasteiger partial charge in [0.15, 0.2) is 0 Å². The topological polar surface area (TPSA) is 78.2 Å². The van der Waals surface area contributed by atoms with E-state index in [1.165, 1.54) is 6.07 Å². The van der Waals surface area contributed by atoms with Crippen molar-refractivity contribution in [2.45, 2.75) is 4.90 Å². The molecule has 0 aliphatic heterocycles. The first-order chi connectivity index (χ1) is 6.36. The van der Waals surface area contributed by atoms with Crippen LogP contribution in [0.2, 0.25) is 0 Å². The Morgan fingerprint density at radius 2 is 2.07 bits per heavy atom. The van der Waals surface area contributed by atoms with Gasteiger partial charge in [0, 0.05) is 15.2 Å². The number of hydrogen-bond acceptors (Lipinski definition) is 4. The van der Waals surface area contributed by atoms with E-state index in [2.05, 4.69) is 15.9 Å². The van der Waals surface area contributed by atoms with Crippen LogP contribution in [0.1, 0.15) is 5.56 Å². The third-order valence-corrected chi connectivity index (χ3v) is 3.22. The Balaban J connectivity index is 3.68. The lowest BCUT2D eigenvalue weighted by Crippen LogP contribution is -1.95. The summed E-state index contributed by atoms with van der Waals surface area (Å²) in [5.41, 5.74) is -0.358. The van der Waals surface area contributed by atoms with E-state index >= 15 is 0 Å². The molecule has 1 aromatic carbocycles. The lowest BCUT2D eigenvalue weighted by Gasteiger charge is -2.02. The molecule has 7 heteroatoms. The number of rotatable bonds is 1. The monoisotopic (exact) mass is 295 g/mol. The van der Waals surface area contributed by atoms with Crippen LogP contribution in [-0.2, 0) is 9.05 Å². The zero-order chi connectivity index (χ0) is 10.9. The molecule has 0 saturated heterocycles. The third kappa shape index (κ3) is 2.18. The number of phenols is 1. The highest BCUT2D eigenvalue weighted by Crippen LogP contribution is 2.30. The van der Waals surface area contributed by atoms with Crippen LogP contribution < -0.4 is 0 Å². The van der Waals surface area contributed by atoms with Crippen LogP contribution in [0, 0.1) is 11.3 Å². The molecular weight excluding hydrogens is 294 g/mol. The molecule has 14 heavy (non-hydrogen) atoms. The van der Waals surface area contributed by atoms with Gasteiger partial charge in [0.1, 0.15) is 22.3 Å². The van der Waals surface area contributed by atoms with Crippen molar-refractivity contribution in [2.24, 2.45) is 0 Å². The number of hydrogen-bond donors (Lipinski definition) is 1. The maximum absolute atomic E-state index is 11.0. The Labute approximate surface area is 93.3 Å². The zero-order valence-electron chi connectivity index (χ0n) is 6.53. The van der Waals surface area contributed by atoms with Gasteiger partial charge in [-0.2, -0.15) is 5.26 Å². The molecule has 0 radical (unpaired) electrons. The predicted molar refractivity (Wildman–Crippen MR) is 53.6 cm³/mol. The van der Waals surface area contributed by atoms with Gasteiger partial charge in [-0.3, -0.25) is 0 Å². The highest BCUT2D eigenvalue weighted by molar-refractivity contribution is 9.10. The maximum atomic E-state index is 11.0. The summed E-state index contributed by atoms with van der Waals surface area (Å²) in [7, 11) is 1.04. The van der Waals surface area contributed by atoms with E-state index in [9.17, 15) is 13.5 Å². The van der Waals surface area contributed by atoms with Crippen molar-refractivity contribution in [3.05, 3.63) is 22.2 Å². The first-order valence-electron chi connectivity index (χ1n) is 3.23. The summed E-state index contributed by atoms with van der Waals surface area (Å²) < 4.78 is 22.3. The molecule has 0 amide bonds. The van der Waals surface area contributed by atoms with E-state index in [0.717, 1.165) is 6.07 Å². The first-order valence-corrected chi connectivity index (χ1v) is 6.33. The van der Waals surface area contributed by atoms with Crippen LogP contribution in [0.15, 0.2) is 21.5 Å². The average Bonchev–Trinajstić information content (AvgIpc) is 2.01. The van der Waals surface area contributed by atoms with E-state index in [1.807, 2.05) is 0 Å². The zero-order valence-corrected chi connectivity index (χ0v) is 9.69. The minimum absolute atomic E-state index is 0.327. The number of halogens is 2. The summed E-state index contributed by atoms with van der Waals surface area (Å²) in [4.78, 5) is -0.409. The van der Waals surface area contributed by atoms with Gasteiger partial charge < -0.3 is 5.11 Å². The quantitative estimate of drug-likeness (QED) is 0.804. The summed E-state index contributed by atoms with van der Waals surface area (Å²) in [6, 6.07) is 3.93. The molecule has 0 saturated carbocycles. The number of nitriles is 1. The van der Waals surface area contributed by atoms with Gasteiger partial charge in [0.05, 0.1) is 0 Å². The molecule has 4 nitrogen and oxygen atoms in total. The lowest BCUT2D eigenvalue weighted by atomic mass is 10.2. The molecule has 0 atom stereocenters. The second kappa shape index (κ2) is 3.77. The molecule has 0 spiro atoms. The van der Waals surface area contributed by atoms with Gasteiger partial charge in [-0.05, 0) is 12.1 Å². The van der Waals surface area contributed by atoms with Crippen LogP contribution in [0.3, 0.4) is 0 Å². The molecule has 0 bridgehead atoms. The van der Waals surface area contributed by atoms with Crippen LogP contribution in [0.5, 0.6) is 5.75 Å². The Hall–Kier alpha value is -0.770. The van der Waals surface area contributed by atoms with Crippen LogP contribution in [-0.4, -0.2) is 13.5 Å². The fourth-order valence-electron chi connectivity index (χ4n) is 0.873. The van der Waals surface area contributed by atoms with Crippen molar-refractivity contribution in [1.29, 1.82) is 5.26 Å². The molecule has 0 unspecified atom stereocenters. The summed E-state index contributed by atoms with van der Waals surface area (Å²) in [5.74, 6) is -0.430. The molecule has 1 N–H and O–H groups in total. The molecule has 1 aromatic rings. The molecule has 0 aliphatic carbocycles. The Morgan fingerprint density at radius 3 is 2.50 bits per heavy atom. The molecule has 0 aliphatic rings. The number of nitrogens with zero attached hydrogens (tertiary/aromatic N) is 1. The number of phenolic OH excluding ortho intramolecular Hbond substituents is 1. The SMILES string of the molecule is N#Cc1c(O)cc(Br)cc1S(=O)(=O)Cl. The van der Waals surface area contributed by atoms with E-state index in [4.69, 9.17) is 15.9 Å². The average molecular weight is 297 g/mol. The Morgan fingerprint density at radius 1 is 1.50 bits per heavy atom. The summed E-state index contributed by atoms with van der Waals surface area (Å²) in [6.45, 7) is 0. The van der Waals surface area contributed by atoms with E-state index in [-0.39, 0.29) is 5.56 Å². The number of benzene rings is 1. The second-order valence-electron chi connectivity index (χ2n) is 2.35. The fraction of sp³-hybridized carbons (Fsp3) is 0. The predicted octanol–water partition coefficient (Wildman–Crippen LogP) is 1.95. The van der Waals surface area contributed by atoms with Gasteiger partial charge in [-0.25, -0.2) is 8.42 Å². The van der Waals surface area contributed by atoms with Crippen molar-refractivity contribution in [2.75, 3.05) is 0 Å². The van der Waals surface area contributed by atoms with Crippen molar-refractivity contribution in [3.8, 4) is 11.8 Å². The van der Waals surface area contributed by atoms with Gasteiger partial charge >= 0.3 is 0 Å². The fourth-order valence-corrected chi connectivity index (χ4v) is 2.50. The van der Waals surface area contributed by atoms with Gasteiger partial charge in [-0.15, -0.1) is 0 Å². The lowest BCUT2D eigenvalue weighted by molar-refractivity contribution is 0.471. The minimum atomic E-state index is -4.03. The van der Waals surface area contributed by atoms with Gasteiger partial charge in [-0.1, -0.05) is 15.9 Å². The molecular formula is C7H3BrClNO3S. The highest BCUT2D eigenvalue weighted by atomic mass is 79.9. The molecule has 0 heterocycles. The Kier molecular flexibility index (Phi) is 3.04. The minimum Gasteiger partial charge on any atom is -0.506 e. The number of aromatic hydroxyl groups is 1. The summed E-state index contributed by atoms with van der Waals surface area (Å²) >= 11 is 2.98. The largest absolute Gasteiger partial charge is 0.506 e. The van der Waals surface area contributed by atoms with Crippen LogP contribution >= 0.6 is 26.6 Å². The van der Waals surface area contributed by atoms with Crippen molar-refractivity contribution in [3.63, 3.8) is 0 Å². The first kappa shape index (κ1) is 11.3. The maximum Gasteiger partial charge on any atom is 0.262 e. The van der Waals surface area contributed by atoms with E-state index in [0.29, 0.717) is 4.47 Å². The second-order valence-corrected chi connectivity index (χ2v) is 5.80. The van der Waals surface area contributed by atoms with Gasteiger partial charge in [0.25, 0.3) is 9.05 Å². The summed E-state index contributed by atoms with van der Waals surface area (Å²) in [5, 5.41) is 17.9. The molecule has 1 rings (SSSR count). The van der Waals surface area contributed by atoms with Crippen LogP contribution in [0.25, 0.3) is 0 Å². The van der Waals surface area contributed by atoms with E-state index in [1.54, 1.807) is 6.07 Å². The normalized spacial score (nSPS) is 10.9. The van der Waals surface area contributed by atoms with Gasteiger partial charge in [0.2, 0.25) is 0 Å². The molecule has 74 valence electrons. The summed E-state index contributed by atoms with van der Waals surface area (Å²) in [6.07, 6.45) is 0. The molecule has 0 fully saturated rings. The van der Waals surface area contributed by atoms with Crippen molar-refractivity contribution >= 4 is 35.7 Å². The molecule has 0 aromatic heterocycles. The van der Waals surface area contributed by atoms with Crippen LogP contribution in [0.4, 0.5) is 0 Å². The van der Waals surface area contributed by atoms with E-state index < -0.39 is 19.7 Å². The standard InChI is InChI=1S/C7H3BrClNO3S/c8-4-1-6(11)5(3-10)7(2-4)14(9,12)13/h1-2,11H.